The van der Waals surface area contributed by atoms with Crippen LogP contribution in [0.4, 0.5) is 13.2 Å². The molecule has 0 aliphatic carbocycles. The zero-order valence-corrected chi connectivity index (χ0v) is 14.4. The molecule has 0 radical (unpaired) electrons. The minimum Gasteiger partial charge on any atom is -0.312 e. The molecule has 3 rings (SSSR count). The van der Waals surface area contributed by atoms with Crippen molar-refractivity contribution >= 4 is 27.5 Å². The van der Waals surface area contributed by atoms with Crippen molar-refractivity contribution in [1.82, 2.24) is 8.87 Å². The first-order valence-electron chi connectivity index (χ1n) is 7.17. The number of hydrogen-bond donors (Lipinski definition) is 0. The van der Waals surface area contributed by atoms with Gasteiger partial charge in [0.1, 0.15) is 9.92 Å². The number of rotatable bonds is 3. The van der Waals surface area contributed by atoms with Gasteiger partial charge in [-0.1, -0.05) is 23.7 Å². The molecule has 0 spiro atoms. The van der Waals surface area contributed by atoms with Gasteiger partial charge in [0, 0.05) is 12.7 Å². The van der Waals surface area contributed by atoms with Gasteiger partial charge < -0.3 is 4.57 Å². The van der Waals surface area contributed by atoms with Gasteiger partial charge in [0.25, 0.3) is 21.5 Å². The molecule has 0 saturated heterocycles. The Bertz CT molecular complexity index is 1060. The Labute approximate surface area is 150 Å². The van der Waals surface area contributed by atoms with Crippen LogP contribution >= 0.6 is 11.6 Å². The molecule has 1 aliphatic heterocycles. The fraction of sp³-hybridized carbons (Fsp3) is 0.200. The number of hydrogen-bond acceptors (Lipinski definition) is 4. The largest absolute Gasteiger partial charge is 0.417 e. The van der Waals surface area contributed by atoms with Crippen molar-refractivity contribution in [2.24, 2.45) is 0 Å². The number of amides is 1. The Hall–Kier alpha value is -2.33. The molecule has 1 amide bonds. The van der Waals surface area contributed by atoms with Crippen LogP contribution in [0.1, 0.15) is 15.9 Å². The van der Waals surface area contributed by atoms with Gasteiger partial charge in [0.05, 0.1) is 17.7 Å². The third-order valence-corrected chi connectivity index (χ3v) is 5.94. The summed E-state index contributed by atoms with van der Waals surface area (Å²) in [6, 6.07) is 6.03. The van der Waals surface area contributed by atoms with E-state index in [-0.39, 0.29) is 10.5 Å². The quantitative estimate of drug-likeness (QED) is 0.784. The van der Waals surface area contributed by atoms with E-state index in [9.17, 15) is 31.2 Å². The van der Waals surface area contributed by atoms with Gasteiger partial charge in [-0.05, 0) is 18.2 Å². The summed E-state index contributed by atoms with van der Waals surface area (Å²) in [5, 5.41) is -0.654. The highest BCUT2D eigenvalue weighted by Crippen LogP contribution is 2.31. The van der Waals surface area contributed by atoms with Crippen molar-refractivity contribution in [3.63, 3.8) is 0 Å². The summed E-state index contributed by atoms with van der Waals surface area (Å²) in [6.45, 7) is -0.977. The molecule has 0 unspecified atom stereocenters. The highest BCUT2D eigenvalue weighted by Gasteiger charge is 2.40. The molecule has 1 aliphatic rings. The summed E-state index contributed by atoms with van der Waals surface area (Å²) >= 11 is 5.55. The lowest BCUT2D eigenvalue weighted by atomic mass is 10.2. The average molecular weight is 407 g/mol. The monoisotopic (exact) mass is 406 g/mol. The van der Waals surface area contributed by atoms with Crippen LogP contribution in [0.3, 0.4) is 0 Å². The summed E-state index contributed by atoms with van der Waals surface area (Å²) in [7, 11) is -4.11. The van der Waals surface area contributed by atoms with E-state index in [1.807, 2.05) is 0 Å². The second kappa shape index (κ2) is 6.13. The lowest BCUT2D eigenvalue weighted by Gasteiger charge is -2.17. The minimum absolute atomic E-state index is 0.0260. The topological polar surface area (TPSA) is 76.5 Å². The van der Waals surface area contributed by atoms with Crippen LogP contribution in [0, 0.1) is 0 Å². The first kappa shape index (κ1) is 18.5. The van der Waals surface area contributed by atoms with Gasteiger partial charge in [0.15, 0.2) is 0 Å². The number of carbonyl (C=O) groups is 1. The van der Waals surface area contributed by atoms with Crippen molar-refractivity contribution in [2.75, 3.05) is 6.54 Å². The second-order valence-electron chi connectivity index (χ2n) is 5.45. The first-order chi connectivity index (χ1) is 12.0. The smallest absolute Gasteiger partial charge is 0.312 e. The number of benzene rings is 1. The molecule has 1 aromatic carbocycles. The van der Waals surface area contributed by atoms with Crippen molar-refractivity contribution in [3.8, 4) is 0 Å². The molecule has 11 heteroatoms. The molecule has 0 N–H and O–H groups in total. The number of pyridine rings is 1. The van der Waals surface area contributed by atoms with Gasteiger partial charge in [-0.2, -0.15) is 13.2 Å². The molecule has 0 fully saturated rings. The number of fused-ring (bicyclic) bond motifs is 1. The SMILES string of the molecule is O=C1c2ccccc2S(=O)(=O)N1CCn1cc(C(F)(F)F)cc(Cl)c1=O. The van der Waals surface area contributed by atoms with E-state index >= 15 is 0 Å². The number of halogens is 4. The number of nitrogens with zero attached hydrogens (tertiary/aromatic N) is 2. The maximum absolute atomic E-state index is 12.9. The van der Waals surface area contributed by atoms with E-state index < -0.39 is 51.3 Å². The summed E-state index contributed by atoms with van der Waals surface area (Å²) < 4.78 is 64.5. The van der Waals surface area contributed by atoms with E-state index in [4.69, 9.17) is 11.6 Å². The van der Waals surface area contributed by atoms with Gasteiger partial charge in [0.2, 0.25) is 0 Å². The highest BCUT2D eigenvalue weighted by molar-refractivity contribution is 7.90. The molecule has 0 bridgehead atoms. The van der Waals surface area contributed by atoms with Crippen LogP contribution in [0.25, 0.3) is 0 Å². The molecule has 0 saturated carbocycles. The van der Waals surface area contributed by atoms with E-state index in [0.29, 0.717) is 21.1 Å². The molecule has 0 atom stereocenters. The maximum atomic E-state index is 12.9. The molecule has 6 nitrogen and oxygen atoms in total. The van der Waals surface area contributed by atoms with Crippen LogP contribution in [-0.2, 0) is 22.7 Å². The summed E-state index contributed by atoms with van der Waals surface area (Å²) in [6.07, 6.45) is -4.20. The average Bonchev–Trinajstić information content (AvgIpc) is 2.75. The van der Waals surface area contributed by atoms with Crippen molar-refractivity contribution in [1.29, 1.82) is 0 Å². The molecule has 26 heavy (non-hydrogen) atoms. The maximum Gasteiger partial charge on any atom is 0.417 e. The van der Waals surface area contributed by atoms with E-state index in [0.717, 1.165) is 0 Å². The van der Waals surface area contributed by atoms with Crippen LogP contribution in [0.5, 0.6) is 0 Å². The Morgan fingerprint density at radius 2 is 1.73 bits per heavy atom. The number of carbonyl (C=O) groups excluding carboxylic acids is 1. The third kappa shape index (κ3) is 2.99. The zero-order valence-electron chi connectivity index (χ0n) is 12.8. The van der Waals surface area contributed by atoms with E-state index in [1.165, 1.54) is 24.3 Å². The Morgan fingerprint density at radius 3 is 2.35 bits per heavy atom. The van der Waals surface area contributed by atoms with Crippen LogP contribution < -0.4 is 5.56 Å². The van der Waals surface area contributed by atoms with Crippen LogP contribution in [0.2, 0.25) is 5.02 Å². The first-order valence-corrected chi connectivity index (χ1v) is 8.98. The number of sulfonamides is 1. The third-order valence-electron chi connectivity index (χ3n) is 3.83. The van der Waals surface area contributed by atoms with Crippen LogP contribution in [0.15, 0.2) is 46.2 Å². The zero-order chi connectivity index (χ0) is 19.3. The van der Waals surface area contributed by atoms with Gasteiger partial charge in [-0.15, -0.1) is 0 Å². The Kier molecular flexibility index (Phi) is 4.35. The molecular formula is C15H10ClF3N2O4S. The predicted octanol–water partition coefficient (Wildman–Crippen LogP) is 2.37. The van der Waals surface area contributed by atoms with Crippen molar-refractivity contribution < 1.29 is 26.4 Å². The summed E-state index contributed by atoms with van der Waals surface area (Å²) in [5.41, 5.74) is -2.09. The number of alkyl halides is 3. The normalized spacial score (nSPS) is 16.0. The van der Waals surface area contributed by atoms with Gasteiger partial charge in [-0.25, -0.2) is 12.7 Å². The molecular weight excluding hydrogens is 397 g/mol. The fourth-order valence-corrected chi connectivity index (χ4v) is 4.36. The fourth-order valence-electron chi connectivity index (χ4n) is 2.57. The molecule has 2 aromatic rings. The van der Waals surface area contributed by atoms with Crippen LogP contribution in [-0.4, -0.2) is 29.7 Å². The van der Waals surface area contributed by atoms with Gasteiger partial charge >= 0.3 is 6.18 Å². The van der Waals surface area contributed by atoms with E-state index in [1.54, 1.807) is 0 Å². The van der Waals surface area contributed by atoms with Crippen molar-refractivity contribution in [3.05, 3.63) is 63.0 Å². The molecule has 2 heterocycles. The lowest BCUT2D eigenvalue weighted by Crippen LogP contribution is -2.35. The summed E-state index contributed by atoms with van der Waals surface area (Å²) in [5.74, 6) is -0.799. The Balaban J connectivity index is 1.93. The predicted molar refractivity (Wildman–Crippen MR) is 85.4 cm³/mol. The molecule has 1 aromatic heterocycles. The van der Waals surface area contributed by atoms with Crippen molar-refractivity contribution in [2.45, 2.75) is 17.6 Å². The standard InChI is InChI=1S/C15H10ClF3N2O4S/c16-11-7-9(15(17,18)19)8-20(14(11)23)5-6-21-13(22)10-3-1-2-4-12(10)26(21,24)25/h1-4,7-8H,5-6H2. The van der Waals surface area contributed by atoms with E-state index in [2.05, 4.69) is 0 Å². The number of aromatic nitrogens is 1. The highest BCUT2D eigenvalue weighted by atomic mass is 35.5. The second-order valence-corrected chi connectivity index (χ2v) is 7.69. The molecule has 138 valence electrons. The lowest BCUT2D eigenvalue weighted by molar-refractivity contribution is -0.138. The summed E-state index contributed by atoms with van der Waals surface area (Å²) in [4.78, 5) is 24.0. The van der Waals surface area contributed by atoms with Gasteiger partial charge in [-0.3, -0.25) is 9.59 Å². The minimum atomic E-state index is -4.73. The Morgan fingerprint density at radius 1 is 1.08 bits per heavy atom.